The first kappa shape index (κ1) is 16.6. The second-order valence-corrected chi connectivity index (χ2v) is 7.10. The third-order valence-electron chi connectivity index (χ3n) is 4.88. The molecule has 21 heavy (non-hydrogen) atoms. The van der Waals surface area contributed by atoms with Crippen LogP contribution in [-0.2, 0) is 0 Å². The molecule has 0 spiro atoms. The lowest BCUT2D eigenvalue weighted by molar-refractivity contribution is 0.242. The second kappa shape index (κ2) is 8.62. The zero-order valence-corrected chi connectivity index (χ0v) is 14.2. The van der Waals surface area contributed by atoms with E-state index in [1.807, 2.05) is 7.05 Å². The van der Waals surface area contributed by atoms with Gasteiger partial charge in [-0.25, -0.2) is 0 Å². The lowest BCUT2D eigenvalue weighted by Gasteiger charge is -2.24. The van der Waals surface area contributed by atoms with Crippen LogP contribution in [0.4, 0.5) is 0 Å². The molecule has 122 valence electrons. The summed E-state index contributed by atoms with van der Waals surface area (Å²) in [6, 6.07) is 1.43. The first-order valence-electron chi connectivity index (χ1n) is 8.90. The Bertz CT molecular complexity index is 321. The lowest BCUT2D eigenvalue weighted by atomic mass is 10.1. The molecule has 1 aliphatic heterocycles. The second-order valence-electron chi connectivity index (χ2n) is 7.10. The number of aliphatic imine (C=N–C) groups is 1. The minimum Gasteiger partial charge on any atom is -0.356 e. The van der Waals surface area contributed by atoms with Crippen molar-refractivity contribution in [2.75, 3.05) is 26.7 Å². The van der Waals surface area contributed by atoms with Crippen LogP contribution >= 0.6 is 0 Å². The van der Waals surface area contributed by atoms with Crippen molar-refractivity contribution in [2.45, 2.75) is 70.9 Å². The molecular weight excluding hydrogens is 260 g/mol. The summed E-state index contributed by atoms with van der Waals surface area (Å²) in [4.78, 5) is 7.06. The fraction of sp³-hybridized carbons (Fsp3) is 0.941. The Hall–Kier alpha value is -0.770. The minimum absolute atomic E-state index is 0.571. The van der Waals surface area contributed by atoms with Crippen LogP contribution in [-0.4, -0.2) is 49.6 Å². The van der Waals surface area contributed by atoms with Crippen molar-refractivity contribution in [2.24, 2.45) is 10.9 Å². The van der Waals surface area contributed by atoms with Gasteiger partial charge in [-0.1, -0.05) is 26.7 Å². The number of hydrogen-bond acceptors (Lipinski definition) is 2. The predicted octanol–water partition coefficient (Wildman–Crippen LogP) is 2.60. The maximum atomic E-state index is 4.37. The molecule has 0 bridgehead atoms. The number of likely N-dealkylation sites (tertiary alicyclic amines) is 1. The largest absolute Gasteiger partial charge is 0.356 e. The highest BCUT2D eigenvalue weighted by molar-refractivity contribution is 5.79. The molecule has 2 rings (SSSR count). The first-order valence-corrected chi connectivity index (χ1v) is 8.90. The third-order valence-corrected chi connectivity index (χ3v) is 4.88. The van der Waals surface area contributed by atoms with Crippen molar-refractivity contribution < 1.29 is 0 Å². The Kier molecular flexibility index (Phi) is 6.81. The van der Waals surface area contributed by atoms with E-state index in [2.05, 4.69) is 34.4 Å². The van der Waals surface area contributed by atoms with E-state index in [9.17, 15) is 0 Å². The van der Waals surface area contributed by atoms with Gasteiger partial charge in [-0.05, 0) is 38.0 Å². The molecule has 1 saturated heterocycles. The zero-order valence-electron chi connectivity index (χ0n) is 14.2. The highest BCUT2D eigenvalue weighted by atomic mass is 15.3. The standard InChI is InChI=1S/C17H34N4/c1-14(2)7-6-11-19-17(18-3)20-15-10-12-21(13-15)16-8-4-5-9-16/h14-16H,4-13H2,1-3H3,(H2,18,19,20). The molecule has 0 amide bonds. The summed E-state index contributed by atoms with van der Waals surface area (Å²) in [6.45, 7) is 8.04. The topological polar surface area (TPSA) is 39.7 Å². The lowest BCUT2D eigenvalue weighted by Crippen LogP contribution is -2.45. The van der Waals surface area contributed by atoms with E-state index in [4.69, 9.17) is 0 Å². The molecule has 0 aromatic carbocycles. The van der Waals surface area contributed by atoms with Gasteiger partial charge in [-0.3, -0.25) is 9.89 Å². The van der Waals surface area contributed by atoms with E-state index in [0.717, 1.165) is 24.5 Å². The zero-order chi connectivity index (χ0) is 15.1. The Morgan fingerprint density at radius 3 is 2.67 bits per heavy atom. The molecule has 1 saturated carbocycles. The predicted molar refractivity (Wildman–Crippen MR) is 90.8 cm³/mol. The number of nitrogens with zero attached hydrogens (tertiary/aromatic N) is 2. The van der Waals surface area contributed by atoms with Gasteiger partial charge in [0.2, 0.25) is 0 Å². The van der Waals surface area contributed by atoms with E-state index in [1.165, 1.54) is 58.0 Å². The minimum atomic E-state index is 0.571. The van der Waals surface area contributed by atoms with Crippen LogP contribution < -0.4 is 10.6 Å². The van der Waals surface area contributed by atoms with Crippen LogP contribution in [0.15, 0.2) is 4.99 Å². The van der Waals surface area contributed by atoms with Crippen molar-refractivity contribution in [3.63, 3.8) is 0 Å². The normalized spacial score (nSPS) is 25.0. The molecule has 4 nitrogen and oxygen atoms in total. The van der Waals surface area contributed by atoms with Crippen molar-refractivity contribution in [1.29, 1.82) is 0 Å². The number of hydrogen-bond donors (Lipinski definition) is 2. The molecule has 0 radical (unpaired) electrons. The van der Waals surface area contributed by atoms with Crippen molar-refractivity contribution in [3.05, 3.63) is 0 Å². The van der Waals surface area contributed by atoms with E-state index in [-0.39, 0.29) is 0 Å². The van der Waals surface area contributed by atoms with Gasteiger partial charge in [0.25, 0.3) is 0 Å². The maximum Gasteiger partial charge on any atom is 0.191 e. The molecule has 2 N–H and O–H groups in total. The molecule has 1 atom stereocenters. The summed E-state index contributed by atoms with van der Waals surface area (Å²) in [6.07, 6.45) is 9.43. The van der Waals surface area contributed by atoms with Gasteiger partial charge < -0.3 is 10.6 Å². The molecule has 2 aliphatic rings. The van der Waals surface area contributed by atoms with Gasteiger partial charge in [0.15, 0.2) is 5.96 Å². The van der Waals surface area contributed by atoms with Crippen LogP contribution in [0.1, 0.15) is 58.8 Å². The molecule has 1 unspecified atom stereocenters. The molecule has 2 fully saturated rings. The highest BCUT2D eigenvalue weighted by Crippen LogP contribution is 2.26. The highest BCUT2D eigenvalue weighted by Gasteiger charge is 2.30. The Morgan fingerprint density at radius 1 is 1.24 bits per heavy atom. The fourth-order valence-electron chi connectivity index (χ4n) is 3.61. The van der Waals surface area contributed by atoms with E-state index in [1.54, 1.807) is 0 Å². The van der Waals surface area contributed by atoms with Gasteiger partial charge >= 0.3 is 0 Å². The monoisotopic (exact) mass is 294 g/mol. The number of nitrogens with one attached hydrogen (secondary N) is 2. The molecule has 1 heterocycles. The summed E-state index contributed by atoms with van der Waals surface area (Å²) in [5.74, 6) is 1.77. The Balaban J connectivity index is 1.65. The third kappa shape index (κ3) is 5.50. The SMILES string of the molecule is CN=C(NCCCC(C)C)NC1CCN(C2CCCC2)C1. The van der Waals surface area contributed by atoms with Crippen molar-refractivity contribution >= 4 is 5.96 Å². The fourth-order valence-corrected chi connectivity index (χ4v) is 3.61. The quantitative estimate of drug-likeness (QED) is 0.449. The summed E-state index contributed by atoms with van der Waals surface area (Å²) >= 11 is 0. The summed E-state index contributed by atoms with van der Waals surface area (Å²) in [5.41, 5.74) is 0. The number of guanidine groups is 1. The molecule has 0 aromatic heterocycles. The molecular formula is C17H34N4. The summed E-state index contributed by atoms with van der Waals surface area (Å²) in [7, 11) is 1.88. The average Bonchev–Trinajstić information content (AvgIpc) is 3.12. The molecule has 4 heteroatoms. The smallest absolute Gasteiger partial charge is 0.191 e. The van der Waals surface area contributed by atoms with Crippen molar-refractivity contribution in [3.8, 4) is 0 Å². The van der Waals surface area contributed by atoms with Crippen LogP contribution in [0.25, 0.3) is 0 Å². The van der Waals surface area contributed by atoms with Gasteiger partial charge in [-0.2, -0.15) is 0 Å². The summed E-state index contributed by atoms with van der Waals surface area (Å²) in [5, 5.41) is 7.06. The van der Waals surface area contributed by atoms with Crippen LogP contribution in [0.2, 0.25) is 0 Å². The van der Waals surface area contributed by atoms with Crippen LogP contribution in [0.5, 0.6) is 0 Å². The van der Waals surface area contributed by atoms with Crippen LogP contribution in [0.3, 0.4) is 0 Å². The number of rotatable bonds is 6. The molecule has 0 aromatic rings. The average molecular weight is 294 g/mol. The summed E-state index contributed by atoms with van der Waals surface area (Å²) < 4.78 is 0. The maximum absolute atomic E-state index is 4.37. The van der Waals surface area contributed by atoms with Gasteiger partial charge in [0, 0.05) is 38.8 Å². The first-order chi connectivity index (χ1) is 10.2. The van der Waals surface area contributed by atoms with Gasteiger partial charge in [0.1, 0.15) is 0 Å². The Morgan fingerprint density at radius 2 is 2.00 bits per heavy atom. The Labute approximate surface area is 130 Å². The van der Waals surface area contributed by atoms with E-state index in [0.29, 0.717) is 6.04 Å². The van der Waals surface area contributed by atoms with Gasteiger partial charge in [-0.15, -0.1) is 0 Å². The van der Waals surface area contributed by atoms with Crippen molar-refractivity contribution in [1.82, 2.24) is 15.5 Å². The van der Waals surface area contributed by atoms with Crippen LogP contribution in [0, 0.1) is 5.92 Å². The van der Waals surface area contributed by atoms with E-state index >= 15 is 0 Å². The van der Waals surface area contributed by atoms with E-state index < -0.39 is 0 Å². The molecule has 1 aliphatic carbocycles. The van der Waals surface area contributed by atoms with Gasteiger partial charge in [0.05, 0.1) is 0 Å².